The van der Waals surface area contributed by atoms with Crippen LogP contribution >= 0.6 is 0 Å². The molecule has 2 aromatic rings. The zero-order chi connectivity index (χ0) is 21.8. The monoisotopic (exact) mass is 432 g/mol. The number of hydrogen-bond donors (Lipinski definition) is 0. The van der Waals surface area contributed by atoms with Crippen LogP contribution in [0.4, 0.5) is 18.9 Å². The summed E-state index contributed by atoms with van der Waals surface area (Å²) in [4.78, 5) is 31.8. The van der Waals surface area contributed by atoms with Crippen molar-refractivity contribution in [3.8, 4) is 11.5 Å². The van der Waals surface area contributed by atoms with Crippen LogP contribution in [0.25, 0.3) is 0 Å². The van der Waals surface area contributed by atoms with Gasteiger partial charge in [0.2, 0.25) is 11.5 Å². The maximum Gasteiger partial charge on any atom is 0.416 e. The van der Waals surface area contributed by atoms with Crippen molar-refractivity contribution in [1.82, 2.24) is 0 Å². The van der Waals surface area contributed by atoms with E-state index in [0.717, 1.165) is 23.1 Å². The lowest BCUT2D eigenvalue weighted by Crippen LogP contribution is -2.41. The molecule has 31 heavy (non-hydrogen) atoms. The van der Waals surface area contributed by atoms with E-state index in [1.165, 1.54) is 6.07 Å². The van der Waals surface area contributed by atoms with E-state index >= 15 is 0 Å². The maximum atomic E-state index is 13.1. The molecule has 0 N–H and O–H groups in total. The number of oxime groups is 1. The van der Waals surface area contributed by atoms with Crippen molar-refractivity contribution < 1.29 is 37.1 Å². The van der Waals surface area contributed by atoms with Gasteiger partial charge in [-0.3, -0.25) is 9.59 Å². The van der Waals surface area contributed by atoms with Gasteiger partial charge >= 0.3 is 6.18 Å². The molecule has 3 aliphatic heterocycles. The first kappa shape index (κ1) is 19.4. The van der Waals surface area contributed by atoms with Crippen molar-refractivity contribution in [3.63, 3.8) is 0 Å². The van der Waals surface area contributed by atoms with Gasteiger partial charge in [-0.15, -0.1) is 0 Å². The molecule has 10 heteroatoms. The van der Waals surface area contributed by atoms with Crippen molar-refractivity contribution >= 4 is 23.2 Å². The third-order valence-electron chi connectivity index (χ3n) is 5.37. The molecule has 0 aromatic heterocycles. The summed E-state index contributed by atoms with van der Waals surface area (Å²) in [5.74, 6) is -0.269. The van der Waals surface area contributed by atoms with Crippen molar-refractivity contribution in [2.24, 2.45) is 5.16 Å². The molecule has 2 amide bonds. The zero-order valence-corrected chi connectivity index (χ0v) is 15.9. The third kappa shape index (κ3) is 3.18. The molecule has 0 radical (unpaired) electrons. The smallest absolute Gasteiger partial charge is 0.416 e. The minimum absolute atomic E-state index is 0.00663. The first-order chi connectivity index (χ1) is 14.8. The van der Waals surface area contributed by atoms with E-state index < -0.39 is 29.2 Å². The first-order valence-electron chi connectivity index (χ1n) is 9.47. The number of carbonyl (C=O) groups excluding carboxylic acids is 2. The Balaban J connectivity index is 1.40. The van der Waals surface area contributed by atoms with Crippen LogP contribution in [0.15, 0.2) is 47.6 Å². The third-order valence-corrected chi connectivity index (χ3v) is 5.37. The predicted octanol–water partition coefficient (Wildman–Crippen LogP) is 3.30. The summed E-state index contributed by atoms with van der Waals surface area (Å²) >= 11 is 0. The Bertz CT molecular complexity index is 1130. The average Bonchev–Trinajstić information content (AvgIpc) is 3.28. The molecule has 5 rings (SSSR count). The van der Waals surface area contributed by atoms with Gasteiger partial charge in [0, 0.05) is 12.0 Å². The van der Waals surface area contributed by atoms with E-state index in [4.69, 9.17) is 14.3 Å². The van der Waals surface area contributed by atoms with Gasteiger partial charge in [0.05, 0.1) is 23.4 Å². The number of halogens is 3. The van der Waals surface area contributed by atoms with E-state index in [0.29, 0.717) is 36.0 Å². The Kier molecular flexibility index (Phi) is 4.21. The number of hydrogen-bond acceptors (Lipinski definition) is 6. The predicted molar refractivity (Wildman–Crippen MR) is 101 cm³/mol. The van der Waals surface area contributed by atoms with Gasteiger partial charge in [0.15, 0.2) is 11.5 Å². The fourth-order valence-electron chi connectivity index (χ4n) is 3.86. The number of benzene rings is 2. The number of anilines is 1. The molecule has 3 heterocycles. The van der Waals surface area contributed by atoms with E-state index in [1.54, 1.807) is 18.2 Å². The van der Waals surface area contributed by atoms with Crippen LogP contribution in [0.2, 0.25) is 0 Å². The van der Waals surface area contributed by atoms with Crippen molar-refractivity contribution in [3.05, 3.63) is 53.6 Å². The molecule has 0 saturated carbocycles. The van der Waals surface area contributed by atoms with Gasteiger partial charge in [-0.05, 0) is 36.4 Å². The van der Waals surface area contributed by atoms with Gasteiger partial charge in [-0.25, -0.2) is 4.90 Å². The minimum Gasteiger partial charge on any atom is -0.486 e. The first-order valence-corrected chi connectivity index (χ1v) is 9.47. The normalized spacial score (nSPS) is 22.7. The SMILES string of the molecule is O=C1C[C@@]2(CC(c3ccc4c(c3)OCCO4)=NO2)C(=O)N1c1cccc(C(F)(F)F)c1. The number of rotatable bonds is 2. The second-order valence-electron chi connectivity index (χ2n) is 7.42. The average molecular weight is 432 g/mol. The largest absolute Gasteiger partial charge is 0.486 e. The van der Waals surface area contributed by atoms with Crippen molar-refractivity contribution in [1.29, 1.82) is 0 Å². The summed E-state index contributed by atoms with van der Waals surface area (Å²) in [7, 11) is 0. The Hall–Kier alpha value is -3.56. The lowest BCUT2D eigenvalue weighted by atomic mass is 9.92. The van der Waals surface area contributed by atoms with Gasteiger partial charge in [0.25, 0.3) is 5.91 Å². The molecule has 1 saturated heterocycles. The summed E-state index contributed by atoms with van der Waals surface area (Å²) in [6.45, 7) is 0.851. The summed E-state index contributed by atoms with van der Waals surface area (Å²) in [6, 6.07) is 9.24. The molecule has 1 spiro atoms. The van der Waals surface area contributed by atoms with Crippen LogP contribution in [0.1, 0.15) is 24.0 Å². The van der Waals surface area contributed by atoms with Gasteiger partial charge in [-0.1, -0.05) is 11.2 Å². The van der Waals surface area contributed by atoms with Crippen LogP contribution in [0.5, 0.6) is 11.5 Å². The topological polar surface area (TPSA) is 77.4 Å². The van der Waals surface area contributed by atoms with Crippen LogP contribution in [-0.2, 0) is 20.6 Å². The molecule has 1 atom stereocenters. The lowest BCUT2D eigenvalue weighted by molar-refractivity contribution is -0.138. The molecule has 0 bridgehead atoms. The molecule has 3 aliphatic rings. The number of imide groups is 1. The quantitative estimate of drug-likeness (QED) is 0.681. The zero-order valence-electron chi connectivity index (χ0n) is 15.9. The highest BCUT2D eigenvalue weighted by molar-refractivity contribution is 6.25. The molecule has 1 fully saturated rings. The Labute approximate surface area is 174 Å². The molecule has 0 aliphatic carbocycles. The summed E-state index contributed by atoms with van der Waals surface area (Å²) in [5, 5.41) is 4.00. The number of amides is 2. The highest BCUT2D eigenvalue weighted by atomic mass is 19.4. The van der Waals surface area contributed by atoms with E-state index in [1.807, 2.05) is 0 Å². The van der Waals surface area contributed by atoms with E-state index in [9.17, 15) is 22.8 Å². The van der Waals surface area contributed by atoms with Crippen LogP contribution in [-0.4, -0.2) is 36.3 Å². The minimum atomic E-state index is -4.60. The Morgan fingerprint density at radius 1 is 0.968 bits per heavy atom. The summed E-state index contributed by atoms with van der Waals surface area (Å²) in [5.41, 5.74) is -1.61. The molecule has 2 aromatic carbocycles. The van der Waals surface area contributed by atoms with Gasteiger partial charge < -0.3 is 14.3 Å². The molecule has 7 nitrogen and oxygen atoms in total. The highest BCUT2D eigenvalue weighted by Crippen LogP contribution is 2.41. The summed E-state index contributed by atoms with van der Waals surface area (Å²) in [6.07, 6.45) is -4.91. The van der Waals surface area contributed by atoms with Gasteiger partial charge in [0.1, 0.15) is 13.2 Å². The Morgan fingerprint density at radius 2 is 1.74 bits per heavy atom. The fraction of sp³-hybridized carbons (Fsp3) is 0.286. The number of nitrogens with zero attached hydrogens (tertiary/aromatic N) is 2. The number of ether oxygens (including phenoxy) is 2. The second-order valence-corrected chi connectivity index (χ2v) is 7.42. The standard InChI is InChI=1S/C21H15F3N2O5/c22-21(23,24)13-2-1-3-14(9-13)26-18(27)11-20(19(26)28)10-15(25-31-20)12-4-5-16-17(8-12)30-7-6-29-16/h1-5,8-9H,6-7,10-11H2/t20-/m0/s1. The summed E-state index contributed by atoms with van der Waals surface area (Å²) < 4.78 is 50.2. The van der Waals surface area contributed by atoms with Crippen molar-refractivity contribution in [2.75, 3.05) is 18.1 Å². The Morgan fingerprint density at radius 3 is 2.52 bits per heavy atom. The molecular formula is C21H15F3N2O5. The number of carbonyl (C=O) groups is 2. The van der Waals surface area contributed by atoms with Crippen LogP contribution in [0, 0.1) is 0 Å². The van der Waals surface area contributed by atoms with Crippen molar-refractivity contribution in [2.45, 2.75) is 24.6 Å². The van der Waals surface area contributed by atoms with E-state index in [2.05, 4.69) is 5.16 Å². The van der Waals surface area contributed by atoms with E-state index in [-0.39, 0.29) is 18.5 Å². The molecule has 0 unspecified atom stereocenters. The van der Waals surface area contributed by atoms with Gasteiger partial charge in [-0.2, -0.15) is 13.2 Å². The number of fused-ring (bicyclic) bond motifs is 1. The molecular weight excluding hydrogens is 417 g/mol. The number of alkyl halides is 3. The molecule has 160 valence electrons. The van der Waals surface area contributed by atoms with Crippen LogP contribution in [0.3, 0.4) is 0 Å². The van der Waals surface area contributed by atoms with Crippen LogP contribution < -0.4 is 14.4 Å². The fourth-order valence-corrected chi connectivity index (χ4v) is 3.86. The maximum absolute atomic E-state index is 13.1. The highest BCUT2D eigenvalue weighted by Gasteiger charge is 2.58. The second kappa shape index (κ2) is 6.73. The lowest BCUT2D eigenvalue weighted by Gasteiger charge is -2.20.